The molecule has 1 aliphatic rings. The molecule has 0 atom stereocenters. The van der Waals surface area contributed by atoms with Crippen molar-refractivity contribution in [1.29, 1.82) is 0 Å². The summed E-state index contributed by atoms with van der Waals surface area (Å²) in [7, 11) is 1.53. The van der Waals surface area contributed by atoms with Gasteiger partial charge in [0.1, 0.15) is 11.5 Å². The summed E-state index contributed by atoms with van der Waals surface area (Å²) in [6.45, 7) is 0.685. The van der Waals surface area contributed by atoms with E-state index < -0.39 is 0 Å². The summed E-state index contributed by atoms with van der Waals surface area (Å²) in [6.07, 6.45) is 0.856. The second kappa shape index (κ2) is 6.15. The summed E-state index contributed by atoms with van der Waals surface area (Å²) in [5, 5.41) is 6.03. The molecule has 6 heteroatoms. The highest BCUT2D eigenvalue weighted by Gasteiger charge is 2.13. The molecule has 0 saturated carbocycles. The number of hydrogen-bond donors (Lipinski definition) is 2. The quantitative estimate of drug-likeness (QED) is 0.901. The van der Waals surface area contributed by atoms with Crippen LogP contribution in [0, 0.1) is 0 Å². The van der Waals surface area contributed by atoms with Gasteiger partial charge in [-0.1, -0.05) is 11.6 Å². The van der Waals surface area contributed by atoms with Crippen LogP contribution in [0.2, 0.25) is 5.02 Å². The van der Waals surface area contributed by atoms with E-state index >= 15 is 0 Å². The molecule has 2 N–H and O–H groups in total. The van der Waals surface area contributed by atoms with Crippen molar-refractivity contribution in [3.63, 3.8) is 0 Å². The second-order valence-electron chi connectivity index (χ2n) is 4.84. The molecule has 2 amide bonds. The normalized spacial score (nSPS) is 12.3. The maximum absolute atomic E-state index is 12.1. The highest BCUT2D eigenvalue weighted by molar-refractivity contribution is 6.31. The first-order chi connectivity index (χ1) is 10.7. The van der Waals surface area contributed by atoms with Gasteiger partial charge < -0.3 is 20.1 Å². The number of amides is 2. The highest BCUT2D eigenvalue weighted by atomic mass is 35.5. The Hall–Kier alpha value is -2.40. The van der Waals surface area contributed by atoms with Crippen LogP contribution in [-0.2, 0) is 6.42 Å². The Kier molecular flexibility index (Phi) is 4.06. The fourth-order valence-corrected chi connectivity index (χ4v) is 2.50. The first kappa shape index (κ1) is 14.5. The van der Waals surface area contributed by atoms with Gasteiger partial charge in [0.15, 0.2) is 0 Å². The van der Waals surface area contributed by atoms with Gasteiger partial charge in [-0.2, -0.15) is 0 Å². The van der Waals surface area contributed by atoms with E-state index in [4.69, 9.17) is 21.1 Å². The van der Waals surface area contributed by atoms with E-state index in [-0.39, 0.29) is 6.03 Å². The van der Waals surface area contributed by atoms with Crippen LogP contribution in [0.15, 0.2) is 36.4 Å². The van der Waals surface area contributed by atoms with E-state index in [1.54, 1.807) is 24.3 Å². The number of fused-ring (bicyclic) bond motifs is 1. The van der Waals surface area contributed by atoms with Crippen molar-refractivity contribution < 1.29 is 14.3 Å². The lowest BCUT2D eigenvalue weighted by Crippen LogP contribution is -2.19. The summed E-state index contributed by atoms with van der Waals surface area (Å²) in [5.41, 5.74) is 2.32. The Morgan fingerprint density at radius 3 is 2.91 bits per heavy atom. The van der Waals surface area contributed by atoms with Crippen molar-refractivity contribution in [2.24, 2.45) is 0 Å². The lowest BCUT2D eigenvalue weighted by atomic mass is 10.1. The fraction of sp³-hybridized carbons (Fsp3) is 0.188. The van der Waals surface area contributed by atoms with Gasteiger partial charge in [-0.15, -0.1) is 0 Å². The third kappa shape index (κ3) is 3.09. The minimum Gasteiger partial charge on any atom is -0.495 e. The zero-order valence-electron chi connectivity index (χ0n) is 12.0. The first-order valence-electron chi connectivity index (χ1n) is 6.83. The molecule has 2 aromatic carbocycles. The largest absolute Gasteiger partial charge is 0.495 e. The molecule has 0 spiro atoms. The number of rotatable bonds is 3. The number of urea groups is 1. The molecule has 1 aliphatic heterocycles. The molecule has 1 heterocycles. The molecule has 114 valence electrons. The van der Waals surface area contributed by atoms with Crippen LogP contribution in [0.1, 0.15) is 5.56 Å². The van der Waals surface area contributed by atoms with Crippen LogP contribution in [-0.4, -0.2) is 19.7 Å². The van der Waals surface area contributed by atoms with E-state index in [9.17, 15) is 4.79 Å². The molecular weight excluding hydrogens is 304 g/mol. The fourth-order valence-electron chi connectivity index (χ4n) is 2.33. The number of ether oxygens (including phenoxy) is 2. The number of nitrogens with one attached hydrogen (secondary N) is 2. The smallest absolute Gasteiger partial charge is 0.323 e. The molecule has 0 unspecified atom stereocenters. The Balaban J connectivity index is 1.71. The minimum absolute atomic E-state index is 0.362. The number of halogens is 1. The molecular formula is C16H15ClN2O3. The summed E-state index contributed by atoms with van der Waals surface area (Å²) < 4.78 is 10.6. The minimum atomic E-state index is -0.362. The predicted molar refractivity (Wildman–Crippen MR) is 86.3 cm³/mol. The van der Waals surface area contributed by atoms with Crippen LogP contribution < -0.4 is 20.1 Å². The topological polar surface area (TPSA) is 59.6 Å². The second-order valence-corrected chi connectivity index (χ2v) is 5.28. The van der Waals surface area contributed by atoms with Gasteiger partial charge in [-0.25, -0.2) is 4.79 Å². The Morgan fingerprint density at radius 2 is 2.09 bits per heavy atom. The molecule has 0 radical (unpaired) electrons. The summed E-state index contributed by atoms with van der Waals surface area (Å²) in [6, 6.07) is 10.2. The van der Waals surface area contributed by atoms with Crippen molar-refractivity contribution in [2.75, 3.05) is 24.4 Å². The van der Waals surface area contributed by atoms with E-state index in [1.807, 2.05) is 12.1 Å². The standard InChI is InChI=1S/C16H15ClN2O3/c1-21-15-4-2-11(17)9-13(15)19-16(20)18-12-3-5-14-10(8-12)6-7-22-14/h2-5,8-9H,6-7H2,1H3,(H2,18,19,20). The first-order valence-corrected chi connectivity index (χ1v) is 7.21. The number of anilines is 2. The molecule has 2 aromatic rings. The number of hydrogen-bond acceptors (Lipinski definition) is 3. The maximum Gasteiger partial charge on any atom is 0.323 e. The molecule has 0 bridgehead atoms. The van der Waals surface area contributed by atoms with Gasteiger partial charge in [0.25, 0.3) is 0 Å². The number of methoxy groups -OCH3 is 1. The lowest BCUT2D eigenvalue weighted by Gasteiger charge is -2.12. The number of carbonyl (C=O) groups is 1. The van der Waals surface area contributed by atoms with Crippen LogP contribution >= 0.6 is 11.6 Å². The zero-order valence-corrected chi connectivity index (χ0v) is 12.7. The van der Waals surface area contributed by atoms with Crippen molar-refractivity contribution in [1.82, 2.24) is 0 Å². The van der Waals surface area contributed by atoms with Crippen LogP contribution in [0.5, 0.6) is 11.5 Å². The molecule has 0 fully saturated rings. The molecule has 5 nitrogen and oxygen atoms in total. The van der Waals surface area contributed by atoms with Crippen LogP contribution in [0.3, 0.4) is 0 Å². The average molecular weight is 319 g/mol. The SMILES string of the molecule is COc1ccc(Cl)cc1NC(=O)Nc1ccc2c(c1)CCO2. The molecule has 3 rings (SSSR count). The van der Waals surface area contributed by atoms with Crippen molar-refractivity contribution in [2.45, 2.75) is 6.42 Å². The Bertz CT molecular complexity index is 719. The lowest BCUT2D eigenvalue weighted by molar-refractivity contribution is 0.262. The third-order valence-corrected chi connectivity index (χ3v) is 3.59. The van der Waals surface area contributed by atoms with Gasteiger partial charge in [-0.3, -0.25) is 0 Å². The van der Waals surface area contributed by atoms with Crippen molar-refractivity contribution >= 4 is 29.0 Å². The van der Waals surface area contributed by atoms with Gasteiger partial charge in [-0.05, 0) is 42.0 Å². The van der Waals surface area contributed by atoms with Gasteiger partial charge >= 0.3 is 6.03 Å². The molecule has 0 aromatic heterocycles. The van der Waals surface area contributed by atoms with E-state index in [0.717, 1.165) is 17.7 Å². The third-order valence-electron chi connectivity index (χ3n) is 3.36. The van der Waals surface area contributed by atoms with Gasteiger partial charge in [0.05, 0.1) is 19.4 Å². The highest BCUT2D eigenvalue weighted by Crippen LogP contribution is 2.29. The van der Waals surface area contributed by atoms with E-state index in [1.165, 1.54) is 7.11 Å². The Morgan fingerprint density at radius 1 is 1.23 bits per heavy atom. The molecule has 0 aliphatic carbocycles. The Labute approximate surface area is 133 Å². The zero-order chi connectivity index (χ0) is 15.5. The number of benzene rings is 2. The van der Waals surface area contributed by atoms with Gasteiger partial charge in [0, 0.05) is 17.1 Å². The average Bonchev–Trinajstić information content (AvgIpc) is 2.95. The van der Waals surface area contributed by atoms with Crippen molar-refractivity contribution in [3.05, 3.63) is 47.0 Å². The van der Waals surface area contributed by atoms with Gasteiger partial charge in [0.2, 0.25) is 0 Å². The van der Waals surface area contributed by atoms with E-state index in [2.05, 4.69) is 10.6 Å². The maximum atomic E-state index is 12.1. The molecule has 0 saturated heterocycles. The van der Waals surface area contributed by atoms with Crippen LogP contribution in [0.4, 0.5) is 16.2 Å². The van der Waals surface area contributed by atoms with Crippen LogP contribution in [0.25, 0.3) is 0 Å². The predicted octanol–water partition coefficient (Wildman–Crippen LogP) is 3.93. The monoisotopic (exact) mass is 318 g/mol. The molecule has 22 heavy (non-hydrogen) atoms. The number of carbonyl (C=O) groups excluding carboxylic acids is 1. The summed E-state index contributed by atoms with van der Waals surface area (Å²) in [4.78, 5) is 12.1. The van der Waals surface area contributed by atoms with E-state index in [0.29, 0.717) is 28.8 Å². The summed E-state index contributed by atoms with van der Waals surface area (Å²) >= 11 is 5.94. The van der Waals surface area contributed by atoms with Crippen molar-refractivity contribution in [3.8, 4) is 11.5 Å². The summed E-state index contributed by atoms with van der Waals surface area (Å²) in [5.74, 6) is 1.42.